The molecule has 0 spiro atoms. The van der Waals surface area contributed by atoms with Crippen molar-refractivity contribution in [2.75, 3.05) is 0 Å². The maximum Gasteiger partial charge on any atom is 0.261 e. The maximum absolute atomic E-state index is 9.89. The highest BCUT2D eigenvalue weighted by molar-refractivity contribution is 9.10. The number of phenolic OH excluding ortho intramolecular Hbond substituents is 1. The van der Waals surface area contributed by atoms with Gasteiger partial charge in [-0.1, -0.05) is 44.8 Å². The summed E-state index contributed by atoms with van der Waals surface area (Å²) in [7, 11) is 0. The Morgan fingerprint density at radius 2 is 2.00 bits per heavy atom. The molecular formula is C14H8BrClN2O2. The summed E-state index contributed by atoms with van der Waals surface area (Å²) in [6, 6.07) is 12.2. The van der Waals surface area contributed by atoms with Crippen LogP contribution in [0.25, 0.3) is 22.8 Å². The van der Waals surface area contributed by atoms with Gasteiger partial charge in [-0.05, 0) is 30.3 Å². The third-order valence-corrected chi connectivity index (χ3v) is 3.43. The van der Waals surface area contributed by atoms with Crippen molar-refractivity contribution in [2.24, 2.45) is 0 Å². The zero-order valence-electron chi connectivity index (χ0n) is 10.0. The molecule has 0 aliphatic rings. The Labute approximate surface area is 128 Å². The summed E-state index contributed by atoms with van der Waals surface area (Å²) in [6.07, 6.45) is 0. The second-order valence-electron chi connectivity index (χ2n) is 4.09. The summed E-state index contributed by atoms with van der Waals surface area (Å²) < 4.78 is 5.96. The van der Waals surface area contributed by atoms with Crippen molar-refractivity contribution in [3.63, 3.8) is 0 Å². The summed E-state index contributed by atoms with van der Waals surface area (Å²) in [5, 5.41) is 14.4. The zero-order valence-corrected chi connectivity index (χ0v) is 12.4. The summed E-state index contributed by atoms with van der Waals surface area (Å²) in [4.78, 5) is 4.27. The summed E-state index contributed by atoms with van der Waals surface area (Å²) in [5.74, 6) is 0.746. The van der Waals surface area contributed by atoms with Gasteiger partial charge in [-0.15, -0.1) is 0 Å². The third kappa shape index (κ3) is 2.55. The maximum atomic E-state index is 9.89. The van der Waals surface area contributed by atoms with Gasteiger partial charge in [-0.25, -0.2) is 0 Å². The Hall–Kier alpha value is -1.85. The molecule has 0 bridgehead atoms. The Morgan fingerprint density at radius 3 is 2.75 bits per heavy atom. The molecule has 0 saturated heterocycles. The van der Waals surface area contributed by atoms with Gasteiger partial charge in [0.2, 0.25) is 5.82 Å². The van der Waals surface area contributed by atoms with Crippen LogP contribution in [0.5, 0.6) is 5.75 Å². The molecule has 6 heteroatoms. The first-order valence-corrected chi connectivity index (χ1v) is 6.89. The van der Waals surface area contributed by atoms with Crippen LogP contribution in [-0.4, -0.2) is 15.2 Å². The van der Waals surface area contributed by atoms with Gasteiger partial charge >= 0.3 is 0 Å². The van der Waals surface area contributed by atoms with Gasteiger partial charge in [0.25, 0.3) is 5.89 Å². The van der Waals surface area contributed by atoms with E-state index in [-0.39, 0.29) is 11.6 Å². The Bertz CT molecular complexity index is 773. The molecule has 0 fully saturated rings. The molecule has 0 amide bonds. The monoisotopic (exact) mass is 350 g/mol. The highest BCUT2D eigenvalue weighted by atomic mass is 79.9. The van der Waals surface area contributed by atoms with Crippen molar-refractivity contribution in [3.05, 3.63) is 52.0 Å². The number of rotatable bonds is 2. The SMILES string of the molecule is Oc1cc(Br)ccc1-c1nc(-c2cccc(Cl)c2)no1. The van der Waals surface area contributed by atoms with Gasteiger partial charge in [-0.3, -0.25) is 0 Å². The van der Waals surface area contributed by atoms with Crippen molar-refractivity contribution < 1.29 is 9.63 Å². The molecule has 0 radical (unpaired) electrons. The van der Waals surface area contributed by atoms with E-state index in [0.29, 0.717) is 16.4 Å². The van der Waals surface area contributed by atoms with Gasteiger partial charge < -0.3 is 9.63 Å². The smallest absolute Gasteiger partial charge is 0.261 e. The molecule has 0 unspecified atom stereocenters. The van der Waals surface area contributed by atoms with Crippen LogP contribution < -0.4 is 0 Å². The molecule has 0 atom stereocenters. The molecule has 3 aromatic rings. The molecule has 1 aromatic heterocycles. The highest BCUT2D eigenvalue weighted by Gasteiger charge is 2.14. The van der Waals surface area contributed by atoms with E-state index in [4.69, 9.17) is 16.1 Å². The van der Waals surface area contributed by atoms with Crippen molar-refractivity contribution >= 4 is 27.5 Å². The minimum absolute atomic E-state index is 0.0701. The van der Waals surface area contributed by atoms with Crippen LogP contribution in [0.1, 0.15) is 0 Å². The molecule has 1 heterocycles. The zero-order chi connectivity index (χ0) is 14.1. The van der Waals surface area contributed by atoms with Gasteiger partial charge in [0.1, 0.15) is 5.75 Å². The molecule has 2 aromatic carbocycles. The van der Waals surface area contributed by atoms with Crippen LogP contribution >= 0.6 is 27.5 Å². The quantitative estimate of drug-likeness (QED) is 0.737. The van der Waals surface area contributed by atoms with E-state index in [9.17, 15) is 5.11 Å². The second kappa shape index (κ2) is 5.26. The van der Waals surface area contributed by atoms with E-state index >= 15 is 0 Å². The van der Waals surface area contributed by atoms with E-state index in [2.05, 4.69) is 26.1 Å². The molecule has 0 aliphatic carbocycles. The Morgan fingerprint density at radius 1 is 1.15 bits per heavy atom. The predicted molar refractivity (Wildman–Crippen MR) is 79.5 cm³/mol. The lowest BCUT2D eigenvalue weighted by atomic mass is 10.2. The molecule has 100 valence electrons. The van der Waals surface area contributed by atoms with Crippen LogP contribution in [0.15, 0.2) is 51.5 Å². The van der Waals surface area contributed by atoms with Crippen molar-refractivity contribution in [1.82, 2.24) is 10.1 Å². The minimum atomic E-state index is 0.0701. The number of nitrogens with zero attached hydrogens (tertiary/aromatic N) is 2. The fourth-order valence-electron chi connectivity index (χ4n) is 1.76. The number of hydrogen-bond acceptors (Lipinski definition) is 4. The van der Waals surface area contributed by atoms with Crippen molar-refractivity contribution in [2.45, 2.75) is 0 Å². The van der Waals surface area contributed by atoms with Crippen molar-refractivity contribution in [3.8, 4) is 28.6 Å². The summed E-state index contributed by atoms with van der Waals surface area (Å²) in [5.41, 5.74) is 1.23. The molecule has 4 nitrogen and oxygen atoms in total. The van der Waals surface area contributed by atoms with Crippen LogP contribution in [0.3, 0.4) is 0 Å². The van der Waals surface area contributed by atoms with Crippen LogP contribution in [0.2, 0.25) is 5.02 Å². The van der Waals surface area contributed by atoms with Gasteiger partial charge in [0.15, 0.2) is 0 Å². The number of aromatic hydroxyl groups is 1. The Kier molecular flexibility index (Phi) is 3.46. The van der Waals surface area contributed by atoms with Crippen LogP contribution in [-0.2, 0) is 0 Å². The predicted octanol–water partition coefficient (Wildman–Crippen LogP) is 4.53. The topological polar surface area (TPSA) is 59.2 Å². The number of halogens is 2. The molecule has 0 saturated carbocycles. The van der Waals surface area contributed by atoms with Gasteiger partial charge in [0.05, 0.1) is 5.56 Å². The first-order valence-electron chi connectivity index (χ1n) is 5.72. The average Bonchev–Trinajstić information content (AvgIpc) is 2.88. The normalized spacial score (nSPS) is 10.7. The minimum Gasteiger partial charge on any atom is -0.507 e. The van der Waals surface area contributed by atoms with Gasteiger partial charge in [-0.2, -0.15) is 4.98 Å². The molecule has 20 heavy (non-hydrogen) atoms. The lowest BCUT2D eigenvalue weighted by Gasteiger charge is -1.99. The standard InChI is InChI=1S/C14H8BrClN2O2/c15-9-4-5-11(12(19)7-9)14-17-13(18-20-14)8-2-1-3-10(16)6-8/h1-7,19H. The molecular weight excluding hydrogens is 344 g/mol. The largest absolute Gasteiger partial charge is 0.507 e. The third-order valence-electron chi connectivity index (χ3n) is 2.70. The molecule has 3 rings (SSSR count). The lowest BCUT2D eigenvalue weighted by molar-refractivity contribution is 0.425. The number of hydrogen-bond donors (Lipinski definition) is 1. The number of aromatic nitrogens is 2. The van der Waals surface area contributed by atoms with E-state index in [1.807, 2.05) is 12.1 Å². The van der Waals surface area contributed by atoms with E-state index < -0.39 is 0 Å². The van der Waals surface area contributed by atoms with Crippen molar-refractivity contribution in [1.29, 1.82) is 0 Å². The van der Waals surface area contributed by atoms with Crippen LogP contribution in [0, 0.1) is 0 Å². The molecule has 0 aliphatic heterocycles. The van der Waals surface area contributed by atoms with E-state index in [1.54, 1.807) is 30.3 Å². The van der Waals surface area contributed by atoms with Gasteiger partial charge in [0, 0.05) is 15.1 Å². The van der Waals surface area contributed by atoms with E-state index in [1.165, 1.54) is 0 Å². The number of phenols is 1. The summed E-state index contributed by atoms with van der Waals surface area (Å²) >= 11 is 9.21. The average molecular weight is 352 g/mol. The fraction of sp³-hybridized carbons (Fsp3) is 0. The number of benzene rings is 2. The molecule has 1 N–H and O–H groups in total. The highest BCUT2D eigenvalue weighted by Crippen LogP contribution is 2.31. The lowest BCUT2D eigenvalue weighted by Crippen LogP contribution is -1.82. The summed E-state index contributed by atoms with van der Waals surface area (Å²) in [6.45, 7) is 0. The second-order valence-corrected chi connectivity index (χ2v) is 5.45. The van der Waals surface area contributed by atoms with Crippen LogP contribution in [0.4, 0.5) is 0 Å². The fourth-order valence-corrected chi connectivity index (χ4v) is 2.30. The first-order chi connectivity index (χ1) is 9.63. The Balaban J connectivity index is 2.02. The van der Waals surface area contributed by atoms with E-state index in [0.717, 1.165) is 10.0 Å². The first kappa shape index (κ1) is 13.1.